The van der Waals surface area contributed by atoms with E-state index in [1.807, 2.05) is 6.92 Å². The molecule has 0 atom stereocenters. The molecule has 2 aromatic carbocycles. The number of hydrogen-bond acceptors (Lipinski definition) is 0. The van der Waals surface area contributed by atoms with Crippen molar-refractivity contribution in [3.63, 3.8) is 0 Å². The minimum atomic E-state index is -0.753. The molecule has 0 radical (unpaired) electrons. The van der Waals surface area contributed by atoms with Crippen molar-refractivity contribution in [3.05, 3.63) is 59.4 Å². The first-order valence-corrected chi connectivity index (χ1v) is 5.86. The predicted octanol–water partition coefficient (Wildman–Crippen LogP) is 4.72. The van der Waals surface area contributed by atoms with E-state index in [0.717, 1.165) is 30.5 Å². The fourth-order valence-corrected chi connectivity index (χ4v) is 1.96. The van der Waals surface area contributed by atoms with Crippen molar-refractivity contribution in [3.8, 4) is 11.1 Å². The number of halogens is 3. The third-order valence-electron chi connectivity index (χ3n) is 2.80. The van der Waals surface area contributed by atoms with Gasteiger partial charge in [0.05, 0.1) is 5.56 Å². The maximum atomic E-state index is 13.9. The summed E-state index contributed by atoms with van der Waals surface area (Å²) < 4.78 is 41.0. The summed E-state index contributed by atoms with van der Waals surface area (Å²) in [7, 11) is 0. The van der Waals surface area contributed by atoms with Crippen molar-refractivity contribution in [1.29, 1.82) is 0 Å². The second-order valence-electron chi connectivity index (χ2n) is 4.16. The molecule has 0 saturated carbocycles. The first-order chi connectivity index (χ1) is 8.63. The van der Waals surface area contributed by atoms with E-state index in [9.17, 15) is 13.2 Å². The number of hydrogen-bond donors (Lipinski definition) is 0. The zero-order valence-electron chi connectivity index (χ0n) is 10.0. The minimum Gasteiger partial charge on any atom is -0.206 e. The minimum absolute atomic E-state index is 0.0366. The van der Waals surface area contributed by atoms with Gasteiger partial charge in [0.2, 0.25) is 0 Å². The molecule has 0 bridgehead atoms. The molecule has 2 rings (SSSR count). The van der Waals surface area contributed by atoms with Crippen LogP contribution in [0, 0.1) is 17.5 Å². The molecule has 0 spiro atoms. The fourth-order valence-electron chi connectivity index (χ4n) is 1.96. The Bertz CT molecular complexity index is 541. The third-order valence-corrected chi connectivity index (χ3v) is 2.80. The van der Waals surface area contributed by atoms with Crippen molar-refractivity contribution < 1.29 is 13.2 Å². The highest BCUT2D eigenvalue weighted by atomic mass is 19.1. The summed E-state index contributed by atoms with van der Waals surface area (Å²) in [6, 6.07) is 7.98. The lowest BCUT2D eigenvalue weighted by Crippen LogP contribution is -1.94. The molecule has 0 fully saturated rings. The Morgan fingerprint density at radius 2 is 1.56 bits per heavy atom. The summed E-state index contributed by atoms with van der Waals surface area (Å²) in [4.78, 5) is 0. The summed E-state index contributed by atoms with van der Waals surface area (Å²) >= 11 is 0. The molecule has 0 unspecified atom stereocenters. The van der Waals surface area contributed by atoms with E-state index in [4.69, 9.17) is 0 Å². The van der Waals surface area contributed by atoms with Gasteiger partial charge in [-0.05, 0) is 30.2 Å². The van der Waals surface area contributed by atoms with Crippen molar-refractivity contribution in [1.82, 2.24) is 0 Å². The molecule has 0 N–H and O–H groups in total. The quantitative estimate of drug-likeness (QED) is 0.739. The maximum absolute atomic E-state index is 13.9. The monoisotopic (exact) mass is 250 g/mol. The smallest absolute Gasteiger partial charge is 0.134 e. The molecule has 0 nitrogen and oxygen atoms in total. The van der Waals surface area contributed by atoms with Crippen LogP contribution >= 0.6 is 0 Å². The highest BCUT2D eigenvalue weighted by Gasteiger charge is 2.14. The number of benzene rings is 2. The van der Waals surface area contributed by atoms with Gasteiger partial charge in [0.1, 0.15) is 17.5 Å². The van der Waals surface area contributed by atoms with Crippen LogP contribution in [0.5, 0.6) is 0 Å². The van der Waals surface area contributed by atoms with Crippen LogP contribution < -0.4 is 0 Å². The second kappa shape index (κ2) is 5.25. The molecule has 3 heteroatoms. The number of aryl methyl sites for hydroxylation is 1. The fraction of sp³-hybridized carbons (Fsp3) is 0.200. The lowest BCUT2D eigenvalue weighted by atomic mass is 10.0. The molecule has 2 aromatic rings. The Kier molecular flexibility index (Phi) is 3.70. The summed E-state index contributed by atoms with van der Waals surface area (Å²) in [6.45, 7) is 1.99. The molecule has 0 heterocycles. The summed E-state index contributed by atoms with van der Waals surface area (Å²) in [5.41, 5.74) is 0.485. The zero-order valence-corrected chi connectivity index (χ0v) is 10.0. The summed E-state index contributed by atoms with van der Waals surface area (Å²) in [6.07, 6.45) is 1.64. The molecular weight excluding hydrogens is 237 g/mol. The average Bonchev–Trinajstić information content (AvgIpc) is 2.32. The predicted molar refractivity (Wildman–Crippen MR) is 65.7 cm³/mol. The van der Waals surface area contributed by atoms with Crippen molar-refractivity contribution >= 4 is 0 Å². The van der Waals surface area contributed by atoms with Crippen LogP contribution in [-0.2, 0) is 6.42 Å². The van der Waals surface area contributed by atoms with Crippen LogP contribution in [0.25, 0.3) is 11.1 Å². The van der Waals surface area contributed by atoms with Gasteiger partial charge in [-0.1, -0.05) is 31.5 Å². The van der Waals surface area contributed by atoms with Crippen LogP contribution in [-0.4, -0.2) is 0 Å². The van der Waals surface area contributed by atoms with Crippen molar-refractivity contribution in [2.24, 2.45) is 0 Å². The van der Waals surface area contributed by atoms with Gasteiger partial charge >= 0.3 is 0 Å². The SMILES string of the molecule is CCCc1ccc(-c2c(F)cccc2F)c(F)c1. The summed E-state index contributed by atoms with van der Waals surface area (Å²) in [5, 5.41) is 0. The van der Waals surface area contributed by atoms with Gasteiger partial charge in [-0.15, -0.1) is 0 Å². The van der Waals surface area contributed by atoms with Gasteiger partial charge < -0.3 is 0 Å². The van der Waals surface area contributed by atoms with Crippen LogP contribution in [0.3, 0.4) is 0 Å². The Morgan fingerprint density at radius 1 is 0.889 bits per heavy atom. The third kappa shape index (κ3) is 2.40. The number of rotatable bonds is 3. The van der Waals surface area contributed by atoms with E-state index in [2.05, 4.69) is 0 Å². The summed E-state index contributed by atoms with van der Waals surface area (Å²) in [5.74, 6) is -2.10. The van der Waals surface area contributed by atoms with E-state index < -0.39 is 17.5 Å². The molecule has 0 saturated heterocycles. The molecule has 94 valence electrons. The lowest BCUT2D eigenvalue weighted by Gasteiger charge is -2.08. The van der Waals surface area contributed by atoms with E-state index in [1.165, 1.54) is 18.2 Å². The molecule has 0 aliphatic heterocycles. The normalized spacial score (nSPS) is 10.7. The Balaban J connectivity index is 2.51. The molecule has 0 aliphatic rings. The van der Waals surface area contributed by atoms with Crippen LogP contribution in [0.4, 0.5) is 13.2 Å². The first kappa shape index (κ1) is 12.7. The van der Waals surface area contributed by atoms with Gasteiger partial charge in [-0.3, -0.25) is 0 Å². The first-order valence-electron chi connectivity index (χ1n) is 5.86. The van der Waals surface area contributed by atoms with Gasteiger partial charge in [0.25, 0.3) is 0 Å². The van der Waals surface area contributed by atoms with E-state index in [0.29, 0.717) is 0 Å². The topological polar surface area (TPSA) is 0 Å². The standard InChI is InChI=1S/C15H13F3/c1-2-4-10-7-8-11(14(18)9-10)15-12(16)5-3-6-13(15)17/h3,5-9H,2,4H2,1H3. The van der Waals surface area contributed by atoms with Crippen molar-refractivity contribution in [2.75, 3.05) is 0 Å². The molecule has 0 aliphatic carbocycles. The van der Waals surface area contributed by atoms with Crippen LogP contribution in [0.15, 0.2) is 36.4 Å². The molecular formula is C15H13F3. The van der Waals surface area contributed by atoms with Gasteiger partial charge in [0.15, 0.2) is 0 Å². The van der Waals surface area contributed by atoms with Crippen LogP contribution in [0.1, 0.15) is 18.9 Å². The van der Waals surface area contributed by atoms with Gasteiger partial charge in [-0.25, -0.2) is 13.2 Å². The maximum Gasteiger partial charge on any atom is 0.134 e. The van der Waals surface area contributed by atoms with E-state index >= 15 is 0 Å². The van der Waals surface area contributed by atoms with E-state index in [1.54, 1.807) is 6.07 Å². The molecule has 18 heavy (non-hydrogen) atoms. The van der Waals surface area contributed by atoms with Gasteiger partial charge in [0, 0.05) is 5.56 Å². The van der Waals surface area contributed by atoms with Crippen LogP contribution in [0.2, 0.25) is 0 Å². The zero-order chi connectivity index (χ0) is 13.1. The van der Waals surface area contributed by atoms with E-state index in [-0.39, 0.29) is 11.1 Å². The molecule has 0 amide bonds. The second-order valence-corrected chi connectivity index (χ2v) is 4.16. The largest absolute Gasteiger partial charge is 0.206 e. The molecule has 0 aromatic heterocycles. The highest BCUT2D eigenvalue weighted by Crippen LogP contribution is 2.29. The van der Waals surface area contributed by atoms with Crippen molar-refractivity contribution in [2.45, 2.75) is 19.8 Å². The van der Waals surface area contributed by atoms with Gasteiger partial charge in [-0.2, -0.15) is 0 Å². The Hall–Kier alpha value is -1.77. The lowest BCUT2D eigenvalue weighted by molar-refractivity contribution is 0.581. The Labute approximate surface area is 104 Å². The Morgan fingerprint density at radius 3 is 2.11 bits per heavy atom. The highest BCUT2D eigenvalue weighted by molar-refractivity contribution is 5.65. The average molecular weight is 250 g/mol.